The van der Waals surface area contributed by atoms with Gasteiger partial charge in [-0.1, -0.05) is 42.5 Å². The van der Waals surface area contributed by atoms with E-state index in [0.29, 0.717) is 59.2 Å². The van der Waals surface area contributed by atoms with Crippen LogP contribution in [-0.4, -0.2) is 69.2 Å². The molecule has 4 aromatic rings. The summed E-state index contributed by atoms with van der Waals surface area (Å²) in [6, 6.07) is 18.9. The summed E-state index contributed by atoms with van der Waals surface area (Å²) in [4.78, 5) is 41.8. The average Bonchev–Trinajstić information content (AvgIpc) is 3.52. The number of nitrogens with zero attached hydrogens (tertiary/aromatic N) is 3. The minimum absolute atomic E-state index is 0.205. The summed E-state index contributed by atoms with van der Waals surface area (Å²) in [5.74, 6) is -0.0540. The number of rotatable bonds is 7. The molecule has 0 atom stereocenters. The van der Waals surface area contributed by atoms with Crippen molar-refractivity contribution in [1.29, 1.82) is 0 Å². The zero-order valence-corrected chi connectivity index (χ0v) is 22.5. The van der Waals surface area contributed by atoms with Gasteiger partial charge in [0.25, 0.3) is 11.8 Å². The van der Waals surface area contributed by atoms with Crippen LogP contribution in [0.3, 0.4) is 0 Å². The van der Waals surface area contributed by atoms with E-state index < -0.39 is 11.6 Å². The minimum Gasteiger partial charge on any atom is -0.465 e. The Balaban J connectivity index is 1.21. The van der Waals surface area contributed by atoms with Crippen molar-refractivity contribution < 1.29 is 19.5 Å². The molecule has 1 aliphatic heterocycles. The van der Waals surface area contributed by atoms with E-state index in [1.807, 2.05) is 56.3 Å². The lowest BCUT2D eigenvalue weighted by atomic mass is 9.94. The van der Waals surface area contributed by atoms with Gasteiger partial charge in [0.15, 0.2) is 0 Å². The number of nitrogens with one attached hydrogen (secondary N) is 3. The molecule has 1 fully saturated rings. The highest BCUT2D eigenvalue weighted by Crippen LogP contribution is 2.30. The molecule has 4 N–H and O–H groups in total. The lowest BCUT2D eigenvalue weighted by Gasteiger charge is -2.33. The molecule has 3 amide bonds. The molecule has 5 rings (SSSR count). The van der Waals surface area contributed by atoms with Crippen LogP contribution in [0.2, 0.25) is 0 Å². The Morgan fingerprint density at radius 3 is 2.36 bits per heavy atom. The number of carbonyl (C=O) groups excluding carboxylic acids is 2. The number of benzene rings is 2. The molecular formula is C28H30N6O4S. The summed E-state index contributed by atoms with van der Waals surface area (Å²) in [7, 11) is 0. The maximum Gasteiger partial charge on any atom is 0.407 e. The number of hydrogen-bond acceptors (Lipinski definition) is 6. The third kappa shape index (κ3) is 5.94. The number of H-pyrrole nitrogens is 1. The number of thiophene rings is 1. The van der Waals surface area contributed by atoms with Crippen molar-refractivity contribution in [3.63, 3.8) is 0 Å². The number of piperazine rings is 1. The molecular weight excluding hydrogens is 516 g/mol. The van der Waals surface area contributed by atoms with Gasteiger partial charge in [-0.25, -0.2) is 4.79 Å². The molecule has 11 heteroatoms. The van der Waals surface area contributed by atoms with E-state index in [4.69, 9.17) is 5.11 Å². The highest BCUT2D eigenvalue weighted by molar-refractivity contribution is 7.20. The van der Waals surface area contributed by atoms with Crippen LogP contribution in [0.15, 0.2) is 60.7 Å². The Kier molecular flexibility index (Phi) is 7.36. The Labute approximate surface area is 229 Å². The maximum absolute atomic E-state index is 13.0. The van der Waals surface area contributed by atoms with Crippen molar-refractivity contribution in [3.8, 4) is 0 Å². The lowest BCUT2D eigenvalue weighted by molar-refractivity contribution is 0.0915. The van der Waals surface area contributed by atoms with Gasteiger partial charge in [0, 0.05) is 38.3 Å². The zero-order valence-electron chi connectivity index (χ0n) is 21.7. The van der Waals surface area contributed by atoms with Crippen molar-refractivity contribution in [2.75, 3.05) is 31.5 Å². The summed E-state index contributed by atoms with van der Waals surface area (Å²) in [5, 5.41) is 22.9. The van der Waals surface area contributed by atoms with Crippen LogP contribution in [0.25, 0.3) is 10.2 Å². The van der Waals surface area contributed by atoms with E-state index in [1.54, 1.807) is 18.2 Å². The fraction of sp³-hybridized carbons (Fsp3) is 0.286. The van der Waals surface area contributed by atoms with Gasteiger partial charge < -0.3 is 20.6 Å². The van der Waals surface area contributed by atoms with E-state index in [0.717, 1.165) is 11.1 Å². The van der Waals surface area contributed by atoms with Crippen molar-refractivity contribution in [2.45, 2.75) is 25.9 Å². The molecule has 0 saturated carbocycles. The third-order valence-corrected chi connectivity index (χ3v) is 7.93. The topological polar surface area (TPSA) is 131 Å². The van der Waals surface area contributed by atoms with Gasteiger partial charge in [0.2, 0.25) is 0 Å². The predicted molar refractivity (Wildman–Crippen MR) is 150 cm³/mol. The van der Waals surface area contributed by atoms with Crippen LogP contribution in [0.4, 0.5) is 10.6 Å². The molecule has 1 aliphatic rings. The largest absolute Gasteiger partial charge is 0.465 e. The number of aromatic amines is 1. The third-order valence-electron chi connectivity index (χ3n) is 6.90. The number of hydrogen-bond donors (Lipinski definition) is 4. The highest BCUT2D eigenvalue weighted by Gasteiger charge is 2.25. The summed E-state index contributed by atoms with van der Waals surface area (Å²) in [6.45, 7) is 6.93. The summed E-state index contributed by atoms with van der Waals surface area (Å²) in [6.07, 6.45) is -0.881. The highest BCUT2D eigenvalue weighted by atomic mass is 32.1. The molecule has 0 radical (unpaired) electrons. The molecule has 0 aliphatic carbocycles. The van der Waals surface area contributed by atoms with Crippen molar-refractivity contribution in [1.82, 2.24) is 25.3 Å². The SMILES string of the molecule is CC(C)(NC(=O)c1cc2c(NC(=O)c3ccc(CN4CCN(C(=O)O)CC4)cc3)[nH]nc2s1)c1ccccc1. The number of carbonyl (C=O) groups is 3. The Morgan fingerprint density at radius 2 is 1.69 bits per heavy atom. The van der Waals surface area contributed by atoms with Crippen LogP contribution in [0.5, 0.6) is 0 Å². The quantitative estimate of drug-likeness (QED) is 0.273. The molecule has 0 bridgehead atoms. The second-order valence-corrected chi connectivity index (χ2v) is 11.1. The summed E-state index contributed by atoms with van der Waals surface area (Å²) >= 11 is 1.26. The lowest BCUT2D eigenvalue weighted by Crippen LogP contribution is -2.47. The molecule has 1 saturated heterocycles. The van der Waals surface area contributed by atoms with Gasteiger partial charge in [0.05, 0.1) is 15.8 Å². The monoisotopic (exact) mass is 546 g/mol. The predicted octanol–water partition coefficient (Wildman–Crippen LogP) is 4.34. The van der Waals surface area contributed by atoms with Gasteiger partial charge in [-0.15, -0.1) is 11.3 Å². The Hall–Kier alpha value is -4.22. The van der Waals surface area contributed by atoms with Gasteiger partial charge in [0.1, 0.15) is 10.6 Å². The zero-order chi connectivity index (χ0) is 27.6. The van der Waals surface area contributed by atoms with Crippen LogP contribution in [0, 0.1) is 0 Å². The summed E-state index contributed by atoms with van der Waals surface area (Å²) < 4.78 is 0. The first-order valence-electron chi connectivity index (χ1n) is 12.7. The average molecular weight is 547 g/mol. The molecule has 39 heavy (non-hydrogen) atoms. The number of aromatic nitrogens is 2. The van der Waals surface area contributed by atoms with Crippen molar-refractivity contribution in [2.24, 2.45) is 0 Å². The van der Waals surface area contributed by atoms with Gasteiger partial charge in [-0.05, 0) is 43.2 Å². The Bertz CT molecular complexity index is 1490. The van der Waals surface area contributed by atoms with E-state index in [1.165, 1.54) is 16.2 Å². The number of anilines is 1. The maximum atomic E-state index is 13.0. The number of fused-ring (bicyclic) bond motifs is 1. The van der Waals surface area contributed by atoms with Crippen LogP contribution < -0.4 is 10.6 Å². The second-order valence-electron chi connectivity index (χ2n) is 10.1. The Morgan fingerprint density at radius 1 is 1.00 bits per heavy atom. The number of amides is 3. The number of carboxylic acid groups (broad SMARTS) is 1. The normalized spacial score (nSPS) is 14.4. The van der Waals surface area contributed by atoms with E-state index in [2.05, 4.69) is 25.7 Å². The molecule has 0 unspecified atom stereocenters. The second kappa shape index (κ2) is 10.9. The molecule has 10 nitrogen and oxygen atoms in total. The molecule has 0 spiro atoms. The van der Waals surface area contributed by atoms with E-state index >= 15 is 0 Å². The minimum atomic E-state index is -0.881. The first-order chi connectivity index (χ1) is 18.7. The van der Waals surface area contributed by atoms with E-state index in [-0.39, 0.29) is 11.8 Å². The molecule has 3 heterocycles. The fourth-order valence-electron chi connectivity index (χ4n) is 4.59. The van der Waals surface area contributed by atoms with Crippen LogP contribution in [-0.2, 0) is 12.1 Å². The van der Waals surface area contributed by atoms with Gasteiger partial charge in [-0.3, -0.25) is 19.6 Å². The van der Waals surface area contributed by atoms with Crippen LogP contribution >= 0.6 is 11.3 Å². The van der Waals surface area contributed by atoms with Gasteiger partial charge in [-0.2, -0.15) is 5.10 Å². The molecule has 2 aromatic heterocycles. The van der Waals surface area contributed by atoms with Gasteiger partial charge >= 0.3 is 6.09 Å². The smallest absolute Gasteiger partial charge is 0.407 e. The summed E-state index contributed by atoms with van der Waals surface area (Å²) in [5.41, 5.74) is 1.99. The fourth-order valence-corrected chi connectivity index (χ4v) is 5.48. The van der Waals surface area contributed by atoms with E-state index in [9.17, 15) is 14.4 Å². The first kappa shape index (κ1) is 26.4. The standard InChI is InChI=1S/C28H30N6O4S/c1-28(2,20-6-4-3-5-7-20)30-25(36)22-16-21-23(31-32-26(21)39-22)29-24(35)19-10-8-18(9-11-19)17-33-12-14-34(15-13-33)27(37)38/h3-11,16H,12-15,17H2,1-2H3,(H,30,36)(H,37,38)(H2,29,31,32,35). The van der Waals surface area contributed by atoms with Crippen molar-refractivity contribution >= 4 is 45.3 Å². The first-order valence-corrected chi connectivity index (χ1v) is 13.5. The molecule has 202 valence electrons. The van der Waals surface area contributed by atoms with Crippen LogP contribution in [0.1, 0.15) is 45.0 Å². The van der Waals surface area contributed by atoms with Crippen molar-refractivity contribution in [3.05, 3.63) is 82.2 Å². The molecule has 2 aromatic carbocycles.